The van der Waals surface area contributed by atoms with E-state index in [1.54, 1.807) is 12.3 Å². The van der Waals surface area contributed by atoms with E-state index in [1.807, 2.05) is 0 Å². The highest BCUT2D eigenvalue weighted by Crippen LogP contribution is 2.14. The molecule has 1 amide bonds. The molecule has 0 aliphatic heterocycles. The number of nitrogens with one attached hydrogen (secondary N) is 2. The van der Waals surface area contributed by atoms with Crippen LogP contribution in [0.3, 0.4) is 0 Å². The van der Waals surface area contributed by atoms with Crippen molar-refractivity contribution in [3.05, 3.63) is 48.3 Å². The smallest absolute Gasteiger partial charge is 0.355 e. The average molecular weight is 337 g/mol. The summed E-state index contributed by atoms with van der Waals surface area (Å²) >= 11 is 0. The Morgan fingerprint density at radius 1 is 1.26 bits per heavy atom. The first-order valence-corrected chi connectivity index (χ1v) is 8.10. The van der Waals surface area contributed by atoms with Crippen molar-refractivity contribution in [2.45, 2.75) is 17.9 Å². The molecular weight excluding hydrogens is 322 g/mol. The SMILES string of the molecule is C[C@H](OC(=O)c1ccc[nH]1)C(=O)Nc1cccc(S(N)(=O)=O)c1. The fourth-order valence-corrected chi connectivity index (χ4v) is 2.29. The van der Waals surface area contributed by atoms with Crippen LogP contribution in [0.1, 0.15) is 17.4 Å². The third kappa shape index (κ3) is 4.41. The lowest BCUT2D eigenvalue weighted by molar-refractivity contribution is -0.123. The predicted octanol–water partition coefficient (Wildman–Crippen LogP) is 0.846. The van der Waals surface area contributed by atoms with Gasteiger partial charge in [-0.25, -0.2) is 18.4 Å². The number of primary sulfonamides is 1. The molecule has 4 N–H and O–H groups in total. The molecule has 0 spiro atoms. The van der Waals surface area contributed by atoms with Gasteiger partial charge in [0.05, 0.1) is 4.90 Å². The number of anilines is 1. The number of carbonyl (C=O) groups is 2. The van der Waals surface area contributed by atoms with Crippen molar-refractivity contribution in [3.63, 3.8) is 0 Å². The van der Waals surface area contributed by atoms with Gasteiger partial charge in [-0.3, -0.25) is 4.79 Å². The van der Waals surface area contributed by atoms with E-state index in [9.17, 15) is 18.0 Å². The molecule has 23 heavy (non-hydrogen) atoms. The Bertz CT molecular complexity index is 815. The molecular formula is C14H15N3O5S. The fourth-order valence-electron chi connectivity index (χ4n) is 1.73. The van der Waals surface area contributed by atoms with E-state index in [0.29, 0.717) is 0 Å². The van der Waals surface area contributed by atoms with Crippen LogP contribution in [0.2, 0.25) is 0 Å². The van der Waals surface area contributed by atoms with Gasteiger partial charge in [0.15, 0.2) is 6.10 Å². The summed E-state index contributed by atoms with van der Waals surface area (Å²) in [5.74, 6) is -1.27. The number of esters is 1. The molecule has 2 aromatic rings. The summed E-state index contributed by atoms with van der Waals surface area (Å²) < 4.78 is 27.5. The first-order chi connectivity index (χ1) is 10.8. The molecule has 0 unspecified atom stereocenters. The van der Waals surface area contributed by atoms with Crippen LogP contribution in [-0.2, 0) is 19.6 Å². The highest BCUT2D eigenvalue weighted by molar-refractivity contribution is 7.89. The zero-order valence-electron chi connectivity index (χ0n) is 12.1. The Labute approximate surface area is 132 Å². The fraction of sp³-hybridized carbons (Fsp3) is 0.143. The first kappa shape index (κ1) is 16.7. The molecule has 8 nitrogen and oxygen atoms in total. The van der Waals surface area contributed by atoms with Gasteiger partial charge in [0.2, 0.25) is 10.0 Å². The molecule has 0 bridgehead atoms. The number of nitrogens with two attached hydrogens (primary N) is 1. The van der Waals surface area contributed by atoms with Gasteiger partial charge >= 0.3 is 5.97 Å². The standard InChI is InChI=1S/C14H15N3O5S/c1-9(22-14(19)12-6-3-7-16-12)13(18)17-10-4-2-5-11(8-10)23(15,20)21/h2-9,16H,1H3,(H,17,18)(H2,15,20,21)/t9-/m0/s1. The first-order valence-electron chi connectivity index (χ1n) is 6.55. The number of aromatic nitrogens is 1. The van der Waals surface area contributed by atoms with Gasteiger partial charge in [-0.05, 0) is 37.3 Å². The van der Waals surface area contributed by atoms with Crippen molar-refractivity contribution in [1.29, 1.82) is 0 Å². The van der Waals surface area contributed by atoms with Crippen molar-refractivity contribution in [2.24, 2.45) is 5.14 Å². The molecule has 0 fully saturated rings. The van der Waals surface area contributed by atoms with Gasteiger partial charge in [0, 0.05) is 11.9 Å². The van der Waals surface area contributed by atoms with Crippen LogP contribution in [0, 0.1) is 0 Å². The summed E-state index contributed by atoms with van der Waals surface area (Å²) in [6, 6.07) is 8.59. The lowest BCUT2D eigenvalue weighted by Gasteiger charge is -2.13. The van der Waals surface area contributed by atoms with Gasteiger partial charge in [-0.2, -0.15) is 0 Å². The van der Waals surface area contributed by atoms with Crippen molar-refractivity contribution < 1.29 is 22.7 Å². The Morgan fingerprint density at radius 3 is 2.61 bits per heavy atom. The van der Waals surface area contributed by atoms with Gasteiger partial charge in [-0.1, -0.05) is 6.07 Å². The third-order valence-corrected chi connectivity index (χ3v) is 3.81. The van der Waals surface area contributed by atoms with E-state index in [4.69, 9.17) is 9.88 Å². The summed E-state index contributed by atoms with van der Waals surface area (Å²) in [6.07, 6.45) is 0.490. The Kier molecular flexibility index (Phi) is 4.82. The van der Waals surface area contributed by atoms with Crippen LogP contribution >= 0.6 is 0 Å². The van der Waals surface area contributed by atoms with Crippen LogP contribution < -0.4 is 10.5 Å². The number of rotatable bonds is 5. The maximum absolute atomic E-state index is 12.0. The maximum Gasteiger partial charge on any atom is 0.355 e. The number of carbonyl (C=O) groups excluding carboxylic acids is 2. The van der Waals surface area contributed by atoms with Crippen LogP contribution in [0.5, 0.6) is 0 Å². The second-order valence-corrected chi connectivity index (χ2v) is 6.25. The quantitative estimate of drug-likeness (QED) is 0.696. The maximum atomic E-state index is 12.0. The molecule has 0 aliphatic carbocycles. The molecule has 0 radical (unpaired) electrons. The minimum atomic E-state index is -3.87. The number of sulfonamides is 1. The predicted molar refractivity (Wildman–Crippen MR) is 82.1 cm³/mol. The molecule has 1 atom stereocenters. The van der Waals surface area contributed by atoms with Crippen molar-refractivity contribution >= 4 is 27.6 Å². The summed E-state index contributed by atoms with van der Waals surface area (Å²) in [5.41, 5.74) is 0.449. The zero-order valence-corrected chi connectivity index (χ0v) is 13.0. The Hall–Kier alpha value is -2.65. The largest absolute Gasteiger partial charge is 0.448 e. The van der Waals surface area contributed by atoms with Crippen LogP contribution in [0.4, 0.5) is 5.69 Å². The average Bonchev–Trinajstić information content (AvgIpc) is 3.00. The van der Waals surface area contributed by atoms with Crippen LogP contribution in [0.15, 0.2) is 47.5 Å². The third-order valence-electron chi connectivity index (χ3n) is 2.90. The molecule has 9 heteroatoms. The van der Waals surface area contributed by atoms with Crippen molar-refractivity contribution in [1.82, 2.24) is 4.98 Å². The number of aromatic amines is 1. The molecule has 0 aliphatic rings. The van der Waals surface area contributed by atoms with Gasteiger partial charge in [0.1, 0.15) is 5.69 Å². The van der Waals surface area contributed by atoms with Crippen LogP contribution in [-0.4, -0.2) is 31.4 Å². The van der Waals surface area contributed by atoms with Crippen molar-refractivity contribution in [2.75, 3.05) is 5.32 Å². The second kappa shape index (κ2) is 6.63. The monoisotopic (exact) mass is 337 g/mol. The van der Waals surface area contributed by atoms with Gasteiger partial charge in [-0.15, -0.1) is 0 Å². The minimum Gasteiger partial charge on any atom is -0.448 e. The van der Waals surface area contributed by atoms with E-state index < -0.39 is 28.0 Å². The molecule has 122 valence electrons. The molecule has 2 rings (SSSR count). The Morgan fingerprint density at radius 2 is 2.00 bits per heavy atom. The van der Waals surface area contributed by atoms with Crippen LogP contribution in [0.25, 0.3) is 0 Å². The summed E-state index contributed by atoms with van der Waals surface area (Å²) in [4.78, 5) is 26.3. The highest BCUT2D eigenvalue weighted by atomic mass is 32.2. The number of hydrogen-bond acceptors (Lipinski definition) is 5. The van der Waals surface area contributed by atoms with Crippen molar-refractivity contribution in [3.8, 4) is 0 Å². The number of amides is 1. The summed E-state index contributed by atoms with van der Waals surface area (Å²) in [5, 5.41) is 7.48. The minimum absolute atomic E-state index is 0.133. The normalized spacial score (nSPS) is 12.4. The lowest BCUT2D eigenvalue weighted by Crippen LogP contribution is -2.30. The zero-order chi connectivity index (χ0) is 17.0. The van der Waals surface area contributed by atoms with E-state index in [2.05, 4.69) is 10.3 Å². The topological polar surface area (TPSA) is 131 Å². The molecule has 0 saturated carbocycles. The Balaban J connectivity index is 2.03. The number of H-pyrrole nitrogens is 1. The van der Waals surface area contributed by atoms with E-state index in [0.717, 1.165) is 0 Å². The number of ether oxygens (including phenoxy) is 1. The molecule has 0 saturated heterocycles. The molecule has 1 aromatic carbocycles. The van der Waals surface area contributed by atoms with Gasteiger partial charge in [0.25, 0.3) is 5.91 Å². The summed E-state index contributed by atoms with van der Waals surface area (Å²) in [7, 11) is -3.87. The number of benzene rings is 1. The van der Waals surface area contributed by atoms with E-state index in [1.165, 1.54) is 37.3 Å². The lowest BCUT2D eigenvalue weighted by atomic mass is 10.3. The second-order valence-electron chi connectivity index (χ2n) is 4.69. The molecule has 1 heterocycles. The summed E-state index contributed by atoms with van der Waals surface area (Å²) in [6.45, 7) is 1.40. The van der Waals surface area contributed by atoms with E-state index >= 15 is 0 Å². The highest BCUT2D eigenvalue weighted by Gasteiger charge is 2.20. The van der Waals surface area contributed by atoms with E-state index in [-0.39, 0.29) is 16.3 Å². The van der Waals surface area contributed by atoms with Gasteiger partial charge < -0.3 is 15.0 Å². The molecule has 1 aromatic heterocycles. The number of hydrogen-bond donors (Lipinski definition) is 3.